The van der Waals surface area contributed by atoms with Gasteiger partial charge in [-0.05, 0) is 57.8 Å². The molecule has 0 spiro atoms. The van der Waals surface area contributed by atoms with Gasteiger partial charge in [0.1, 0.15) is 12.6 Å². The lowest BCUT2D eigenvalue weighted by Crippen LogP contribution is -2.28. The minimum absolute atomic E-state index is 0.00135. The van der Waals surface area contributed by atoms with Gasteiger partial charge in [0.15, 0.2) is 0 Å². The smallest absolute Gasteiger partial charge is 0.322 e. The summed E-state index contributed by atoms with van der Waals surface area (Å²) in [6.07, 6.45) is 47.7. The molecule has 1 atom stereocenters. The Hall–Kier alpha value is -1.85. The van der Waals surface area contributed by atoms with E-state index in [4.69, 9.17) is 9.84 Å². The molecule has 6 nitrogen and oxygen atoms in total. The third-order valence-electron chi connectivity index (χ3n) is 10.2. The van der Waals surface area contributed by atoms with Gasteiger partial charge in [-0.3, -0.25) is 14.4 Å². The Kier molecular flexibility index (Phi) is 39.4. The number of amides is 1. The number of ether oxygens (including phenoxy) is 1. The molecule has 0 radical (unpaired) electrons. The third kappa shape index (κ3) is 40.8. The summed E-state index contributed by atoms with van der Waals surface area (Å²) in [6.45, 7) is 4.24. The zero-order valence-electron chi connectivity index (χ0n) is 34.0. The minimum atomic E-state index is -1.02. The number of carbonyl (C=O) groups is 3. The van der Waals surface area contributed by atoms with Gasteiger partial charge < -0.3 is 15.2 Å². The fraction of sp³-hybridized carbons (Fsp3) is 0.889. The zero-order chi connectivity index (χ0) is 37.3. The van der Waals surface area contributed by atoms with E-state index < -0.39 is 5.97 Å². The monoisotopic (exact) mass is 720 g/mol. The molecule has 0 heterocycles. The standard InChI is InChI=1S/C45H85NO5/c1-3-5-7-9-11-13-15-17-18-19-21-23-25-27-32-36-40-45(50)51-42(38-34-30-28-31-35-39-43(47)46-41-44(48)49)37-33-29-26-24-22-20-16-14-12-10-8-6-4-2/h24,26,42H,3-23,25,27-41H2,1-2H3,(H,46,47)(H,48,49)/b26-24-. The second-order valence-electron chi connectivity index (χ2n) is 15.3. The van der Waals surface area contributed by atoms with Gasteiger partial charge in [0.2, 0.25) is 5.91 Å². The normalized spacial score (nSPS) is 12.0. The van der Waals surface area contributed by atoms with Crippen LogP contribution in [0.25, 0.3) is 0 Å². The molecule has 0 aliphatic carbocycles. The first-order valence-electron chi connectivity index (χ1n) is 22.3. The lowest BCUT2D eigenvalue weighted by Gasteiger charge is -2.18. The molecule has 1 unspecified atom stereocenters. The minimum Gasteiger partial charge on any atom is -0.480 e. The van der Waals surface area contributed by atoms with Crippen LogP contribution in [0.5, 0.6) is 0 Å². The van der Waals surface area contributed by atoms with Gasteiger partial charge >= 0.3 is 11.9 Å². The lowest BCUT2D eigenvalue weighted by atomic mass is 10.0. The van der Waals surface area contributed by atoms with Crippen molar-refractivity contribution in [3.05, 3.63) is 12.2 Å². The number of aliphatic carboxylic acids is 1. The van der Waals surface area contributed by atoms with E-state index in [0.717, 1.165) is 70.6 Å². The molecule has 0 bridgehead atoms. The van der Waals surface area contributed by atoms with Crippen LogP contribution in [-0.2, 0) is 19.1 Å². The van der Waals surface area contributed by atoms with Crippen LogP contribution in [0.3, 0.4) is 0 Å². The van der Waals surface area contributed by atoms with Crippen molar-refractivity contribution < 1.29 is 24.2 Å². The average Bonchev–Trinajstić information content (AvgIpc) is 3.11. The molecular formula is C45H85NO5. The molecule has 0 aromatic rings. The molecule has 0 fully saturated rings. The van der Waals surface area contributed by atoms with E-state index in [1.54, 1.807) is 0 Å². The number of nitrogens with one attached hydrogen (secondary N) is 1. The molecule has 0 aromatic carbocycles. The highest BCUT2D eigenvalue weighted by Gasteiger charge is 2.14. The van der Waals surface area contributed by atoms with Gasteiger partial charge in [-0.15, -0.1) is 0 Å². The Labute approximate surface area is 316 Å². The number of hydrogen-bond acceptors (Lipinski definition) is 4. The molecule has 0 aliphatic rings. The summed E-state index contributed by atoms with van der Waals surface area (Å²) in [5.74, 6) is -1.23. The maximum atomic E-state index is 12.8. The number of unbranched alkanes of at least 4 members (excludes halogenated alkanes) is 28. The summed E-state index contributed by atoms with van der Waals surface area (Å²) in [4.78, 5) is 35.0. The number of carboxylic acid groups (broad SMARTS) is 1. The number of hydrogen-bond donors (Lipinski definition) is 2. The number of carboxylic acids is 1. The molecule has 2 N–H and O–H groups in total. The fourth-order valence-electron chi connectivity index (χ4n) is 6.87. The molecule has 6 heteroatoms. The average molecular weight is 720 g/mol. The van der Waals surface area contributed by atoms with Gasteiger partial charge in [0, 0.05) is 12.8 Å². The molecule has 300 valence electrons. The van der Waals surface area contributed by atoms with E-state index in [2.05, 4.69) is 31.3 Å². The van der Waals surface area contributed by atoms with Crippen molar-refractivity contribution in [3.63, 3.8) is 0 Å². The molecule has 1 amide bonds. The Balaban J connectivity index is 4.15. The van der Waals surface area contributed by atoms with Crippen molar-refractivity contribution in [2.24, 2.45) is 0 Å². The van der Waals surface area contributed by atoms with Crippen LogP contribution in [-0.4, -0.2) is 35.6 Å². The van der Waals surface area contributed by atoms with E-state index in [1.165, 1.54) is 148 Å². The molecule has 0 aromatic heterocycles. The van der Waals surface area contributed by atoms with E-state index in [9.17, 15) is 14.4 Å². The van der Waals surface area contributed by atoms with E-state index in [0.29, 0.717) is 12.8 Å². The SMILES string of the molecule is CCCCCCCCCC/C=C\CCCC(CCCCCCCC(=O)NCC(=O)O)OC(=O)CCCCCCCCCCCCCCCCCC. The Bertz CT molecular complexity index is 797. The van der Waals surface area contributed by atoms with Gasteiger partial charge in [-0.2, -0.15) is 0 Å². The fourth-order valence-corrected chi connectivity index (χ4v) is 6.87. The maximum absolute atomic E-state index is 12.8. The number of carbonyl (C=O) groups excluding carboxylic acids is 2. The first-order chi connectivity index (χ1) is 25.0. The van der Waals surface area contributed by atoms with Crippen molar-refractivity contribution >= 4 is 17.8 Å². The molecule has 0 aliphatic heterocycles. The second kappa shape index (κ2) is 40.9. The molecular weight excluding hydrogens is 634 g/mol. The summed E-state index contributed by atoms with van der Waals surface area (Å²) >= 11 is 0. The van der Waals surface area contributed by atoms with Crippen LogP contribution >= 0.6 is 0 Å². The van der Waals surface area contributed by atoms with Crippen LogP contribution in [0, 0.1) is 0 Å². The van der Waals surface area contributed by atoms with Gasteiger partial charge in [-0.25, -0.2) is 0 Å². The third-order valence-corrected chi connectivity index (χ3v) is 10.2. The van der Waals surface area contributed by atoms with Crippen molar-refractivity contribution in [2.75, 3.05) is 6.54 Å². The van der Waals surface area contributed by atoms with Crippen LogP contribution < -0.4 is 5.32 Å². The topological polar surface area (TPSA) is 92.7 Å². The van der Waals surface area contributed by atoms with E-state index in [-0.39, 0.29) is 24.5 Å². The Morgan fingerprint density at radius 3 is 1.33 bits per heavy atom. The summed E-state index contributed by atoms with van der Waals surface area (Å²) < 4.78 is 6.02. The Morgan fingerprint density at radius 2 is 0.863 bits per heavy atom. The van der Waals surface area contributed by atoms with Crippen molar-refractivity contribution in [1.29, 1.82) is 0 Å². The van der Waals surface area contributed by atoms with Gasteiger partial charge in [0.25, 0.3) is 0 Å². The highest BCUT2D eigenvalue weighted by molar-refractivity contribution is 5.80. The van der Waals surface area contributed by atoms with Gasteiger partial charge in [-0.1, -0.05) is 187 Å². The highest BCUT2D eigenvalue weighted by atomic mass is 16.5. The quantitative estimate of drug-likeness (QED) is 0.0373. The molecule has 0 saturated heterocycles. The zero-order valence-corrected chi connectivity index (χ0v) is 34.0. The summed E-state index contributed by atoms with van der Waals surface area (Å²) in [6, 6.07) is 0. The summed E-state index contributed by atoms with van der Waals surface area (Å²) in [7, 11) is 0. The van der Waals surface area contributed by atoms with Crippen LogP contribution in [0.2, 0.25) is 0 Å². The predicted octanol–water partition coefficient (Wildman–Crippen LogP) is 13.7. The van der Waals surface area contributed by atoms with Gasteiger partial charge in [0.05, 0.1) is 0 Å². The van der Waals surface area contributed by atoms with Crippen LogP contribution in [0.4, 0.5) is 0 Å². The van der Waals surface area contributed by atoms with Crippen molar-refractivity contribution in [3.8, 4) is 0 Å². The van der Waals surface area contributed by atoms with E-state index in [1.807, 2.05) is 0 Å². The second-order valence-corrected chi connectivity index (χ2v) is 15.3. The van der Waals surface area contributed by atoms with Crippen molar-refractivity contribution in [1.82, 2.24) is 5.32 Å². The predicted molar refractivity (Wildman–Crippen MR) is 217 cm³/mol. The summed E-state index contributed by atoms with van der Waals surface area (Å²) in [5.41, 5.74) is 0. The number of allylic oxidation sites excluding steroid dienone is 2. The molecule has 0 saturated carbocycles. The molecule has 51 heavy (non-hydrogen) atoms. The number of rotatable bonds is 41. The van der Waals surface area contributed by atoms with Crippen molar-refractivity contribution in [2.45, 2.75) is 251 Å². The lowest BCUT2D eigenvalue weighted by molar-refractivity contribution is -0.150. The van der Waals surface area contributed by atoms with E-state index >= 15 is 0 Å². The largest absolute Gasteiger partial charge is 0.480 e. The first-order valence-corrected chi connectivity index (χ1v) is 22.3. The number of esters is 1. The molecule has 0 rings (SSSR count). The first kappa shape index (κ1) is 49.1. The Morgan fingerprint density at radius 1 is 0.490 bits per heavy atom. The van der Waals surface area contributed by atoms with Crippen LogP contribution in [0.15, 0.2) is 12.2 Å². The van der Waals surface area contributed by atoms with Crippen LogP contribution in [0.1, 0.15) is 245 Å². The maximum Gasteiger partial charge on any atom is 0.322 e. The summed E-state index contributed by atoms with van der Waals surface area (Å²) in [5, 5.41) is 11.1. The highest BCUT2D eigenvalue weighted by Crippen LogP contribution is 2.18.